The number of hydrogen-bond donors (Lipinski definition) is 3. The molecule has 0 aliphatic heterocycles. The van der Waals surface area contributed by atoms with E-state index in [0.717, 1.165) is 18.7 Å². The van der Waals surface area contributed by atoms with Crippen LogP contribution in [0.4, 0.5) is 0 Å². The highest BCUT2D eigenvalue weighted by molar-refractivity contribution is 5.77. The predicted octanol–water partition coefficient (Wildman–Crippen LogP) is -0.322. The number of nitrogens with one attached hydrogen (secondary N) is 3. The standard InChI is InChI=1S/C9H16N4O/c1-2-10-6-9(14)12-4-3-8-5-11-7-13-8/h5,7,10H,2-4,6H2,1H3,(H,11,13)(H,12,14). The van der Waals surface area contributed by atoms with Gasteiger partial charge in [0.25, 0.3) is 0 Å². The summed E-state index contributed by atoms with van der Waals surface area (Å²) in [4.78, 5) is 18.0. The smallest absolute Gasteiger partial charge is 0.233 e. The second kappa shape index (κ2) is 6.15. The minimum atomic E-state index is 0.0337. The fraction of sp³-hybridized carbons (Fsp3) is 0.556. The van der Waals surface area contributed by atoms with E-state index < -0.39 is 0 Å². The van der Waals surface area contributed by atoms with Crippen LogP contribution in [-0.2, 0) is 11.2 Å². The molecule has 0 aliphatic rings. The molecule has 3 N–H and O–H groups in total. The van der Waals surface area contributed by atoms with Crippen LogP contribution in [0, 0.1) is 0 Å². The first-order valence-electron chi connectivity index (χ1n) is 4.77. The van der Waals surface area contributed by atoms with Gasteiger partial charge in [0.05, 0.1) is 12.9 Å². The summed E-state index contributed by atoms with van der Waals surface area (Å²) < 4.78 is 0. The Hall–Kier alpha value is -1.36. The van der Waals surface area contributed by atoms with E-state index in [4.69, 9.17) is 0 Å². The lowest BCUT2D eigenvalue weighted by atomic mass is 10.3. The Bertz CT molecular complexity index is 258. The van der Waals surface area contributed by atoms with E-state index in [1.54, 1.807) is 12.5 Å². The monoisotopic (exact) mass is 196 g/mol. The first kappa shape index (κ1) is 10.7. The van der Waals surface area contributed by atoms with Crippen LogP contribution in [0.25, 0.3) is 0 Å². The minimum absolute atomic E-state index is 0.0337. The molecular formula is C9H16N4O. The average Bonchev–Trinajstić information content (AvgIpc) is 2.67. The van der Waals surface area contributed by atoms with E-state index in [2.05, 4.69) is 20.6 Å². The van der Waals surface area contributed by atoms with E-state index in [0.29, 0.717) is 13.1 Å². The first-order chi connectivity index (χ1) is 6.83. The Balaban J connectivity index is 2.06. The number of likely N-dealkylation sites (N-methyl/N-ethyl adjacent to an activating group) is 1. The molecule has 1 rings (SSSR count). The molecule has 0 bridgehead atoms. The zero-order valence-electron chi connectivity index (χ0n) is 8.34. The topological polar surface area (TPSA) is 69.8 Å². The predicted molar refractivity (Wildman–Crippen MR) is 53.8 cm³/mol. The average molecular weight is 196 g/mol. The lowest BCUT2D eigenvalue weighted by Gasteiger charge is -2.03. The van der Waals surface area contributed by atoms with Crippen molar-refractivity contribution in [2.75, 3.05) is 19.6 Å². The highest BCUT2D eigenvalue weighted by Crippen LogP contribution is 1.89. The van der Waals surface area contributed by atoms with Crippen LogP contribution >= 0.6 is 0 Å². The molecule has 0 radical (unpaired) electrons. The lowest BCUT2D eigenvalue weighted by Crippen LogP contribution is -2.34. The number of rotatable bonds is 6. The highest BCUT2D eigenvalue weighted by atomic mass is 16.1. The van der Waals surface area contributed by atoms with Crippen LogP contribution in [0.15, 0.2) is 12.5 Å². The second-order valence-corrected chi connectivity index (χ2v) is 2.96. The van der Waals surface area contributed by atoms with Crippen molar-refractivity contribution in [2.24, 2.45) is 0 Å². The summed E-state index contributed by atoms with van der Waals surface area (Å²) in [6.45, 7) is 3.82. The van der Waals surface area contributed by atoms with Crippen molar-refractivity contribution in [1.82, 2.24) is 20.6 Å². The number of carbonyl (C=O) groups excluding carboxylic acids is 1. The molecule has 5 heteroatoms. The van der Waals surface area contributed by atoms with Gasteiger partial charge in [-0.2, -0.15) is 0 Å². The van der Waals surface area contributed by atoms with Gasteiger partial charge in [-0.05, 0) is 6.54 Å². The molecule has 0 atom stereocenters. The van der Waals surface area contributed by atoms with E-state index in [-0.39, 0.29) is 5.91 Å². The maximum Gasteiger partial charge on any atom is 0.233 e. The number of nitrogens with zero attached hydrogens (tertiary/aromatic N) is 1. The summed E-state index contributed by atoms with van der Waals surface area (Å²) in [6, 6.07) is 0. The van der Waals surface area contributed by atoms with Gasteiger partial charge in [0, 0.05) is 24.9 Å². The molecule has 1 aromatic rings. The normalized spacial score (nSPS) is 10.1. The summed E-state index contributed by atoms with van der Waals surface area (Å²) in [7, 11) is 0. The van der Waals surface area contributed by atoms with Gasteiger partial charge in [0.2, 0.25) is 5.91 Å². The summed E-state index contributed by atoms with van der Waals surface area (Å²) in [5, 5.41) is 5.77. The molecule has 0 aliphatic carbocycles. The van der Waals surface area contributed by atoms with Gasteiger partial charge in [-0.15, -0.1) is 0 Å². The zero-order valence-corrected chi connectivity index (χ0v) is 8.34. The van der Waals surface area contributed by atoms with Gasteiger partial charge in [-0.25, -0.2) is 4.98 Å². The van der Waals surface area contributed by atoms with E-state index in [1.807, 2.05) is 6.92 Å². The Kier molecular flexibility index (Phi) is 4.71. The van der Waals surface area contributed by atoms with Crippen LogP contribution in [0.3, 0.4) is 0 Å². The number of imidazole rings is 1. The van der Waals surface area contributed by atoms with Gasteiger partial charge < -0.3 is 15.6 Å². The van der Waals surface area contributed by atoms with E-state index in [9.17, 15) is 4.79 Å². The van der Waals surface area contributed by atoms with Crippen molar-refractivity contribution >= 4 is 5.91 Å². The Morgan fingerprint density at radius 1 is 1.64 bits per heavy atom. The summed E-state index contributed by atoms with van der Waals surface area (Å²) in [5.41, 5.74) is 1.04. The fourth-order valence-corrected chi connectivity index (χ4v) is 1.06. The van der Waals surface area contributed by atoms with Crippen molar-refractivity contribution < 1.29 is 4.79 Å². The van der Waals surface area contributed by atoms with Crippen LogP contribution in [-0.4, -0.2) is 35.5 Å². The molecule has 0 unspecified atom stereocenters. The van der Waals surface area contributed by atoms with Gasteiger partial charge in [0.15, 0.2) is 0 Å². The Morgan fingerprint density at radius 2 is 2.50 bits per heavy atom. The van der Waals surface area contributed by atoms with Crippen molar-refractivity contribution in [2.45, 2.75) is 13.3 Å². The zero-order chi connectivity index (χ0) is 10.2. The van der Waals surface area contributed by atoms with Gasteiger partial charge in [0.1, 0.15) is 0 Å². The quantitative estimate of drug-likeness (QED) is 0.584. The molecule has 78 valence electrons. The number of amides is 1. The Morgan fingerprint density at radius 3 is 3.14 bits per heavy atom. The number of hydrogen-bond acceptors (Lipinski definition) is 3. The number of H-pyrrole nitrogens is 1. The first-order valence-corrected chi connectivity index (χ1v) is 4.77. The lowest BCUT2D eigenvalue weighted by molar-refractivity contribution is -0.120. The molecular weight excluding hydrogens is 180 g/mol. The van der Waals surface area contributed by atoms with Crippen molar-refractivity contribution in [3.63, 3.8) is 0 Å². The summed E-state index contributed by atoms with van der Waals surface area (Å²) in [5.74, 6) is 0.0337. The SMILES string of the molecule is CCNCC(=O)NCCc1cnc[nH]1. The van der Waals surface area contributed by atoms with Crippen LogP contribution < -0.4 is 10.6 Å². The van der Waals surface area contributed by atoms with Crippen molar-refractivity contribution in [1.29, 1.82) is 0 Å². The second-order valence-electron chi connectivity index (χ2n) is 2.96. The van der Waals surface area contributed by atoms with E-state index in [1.165, 1.54) is 0 Å². The molecule has 0 saturated carbocycles. The minimum Gasteiger partial charge on any atom is -0.355 e. The van der Waals surface area contributed by atoms with Crippen LogP contribution in [0.1, 0.15) is 12.6 Å². The maximum atomic E-state index is 11.1. The molecule has 0 saturated heterocycles. The van der Waals surface area contributed by atoms with E-state index >= 15 is 0 Å². The van der Waals surface area contributed by atoms with Gasteiger partial charge >= 0.3 is 0 Å². The molecule has 1 aromatic heterocycles. The molecule has 0 fully saturated rings. The summed E-state index contributed by atoms with van der Waals surface area (Å²) >= 11 is 0. The van der Waals surface area contributed by atoms with Gasteiger partial charge in [-0.3, -0.25) is 4.79 Å². The highest BCUT2D eigenvalue weighted by Gasteiger charge is 1.99. The molecule has 14 heavy (non-hydrogen) atoms. The fourth-order valence-electron chi connectivity index (χ4n) is 1.06. The van der Waals surface area contributed by atoms with Crippen molar-refractivity contribution in [3.8, 4) is 0 Å². The summed E-state index contributed by atoms with van der Waals surface area (Å²) in [6.07, 6.45) is 4.18. The number of aromatic amines is 1. The third-order valence-electron chi connectivity index (χ3n) is 1.81. The molecule has 5 nitrogen and oxygen atoms in total. The van der Waals surface area contributed by atoms with Crippen LogP contribution in [0.2, 0.25) is 0 Å². The number of aromatic nitrogens is 2. The molecule has 1 amide bonds. The molecule has 0 spiro atoms. The number of carbonyl (C=O) groups is 1. The van der Waals surface area contributed by atoms with Crippen molar-refractivity contribution in [3.05, 3.63) is 18.2 Å². The molecule has 0 aromatic carbocycles. The van der Waals surface area contributed by atoms with Crippen LogP contribution in [0.5, 0.6) is 0 Å². The largest absolute Gasteiger partial charge is 0.355 e. The Labute approximate surface area is 83.3 Å². The molecule has 1 heterocycles. The van der Waals surface area contributed by atoms with Gasteiger partial charge in [-0.1, -0.05) is 6.92 Å². The maximum absolute atomic E-state index is 11.1. The third-order valence-corrected chi connectivity index (χ3v) is 1.81. The third kappa shape index (κ3) is 4.04.